The van der Waals surface area contributed by atoms with Gasteiger partial charge in [0, 0.05) is 33.9 Å². The van der Waals surface area contributed by atoms with Crippen LogP contribution in [0.15, 0.2) is 88.2 Å². The summed E-state index contributed by atoms with van der Waals surface area (Å²) in [5.41, 5.74) is 3.29. The molecule has 33 heavy (non-hydrogen) atoms. The van der Waals surface area contributed by atoms with Gasteiger partial charge in [-0.3, -0.25) is 4.79 Å². The highest BCUT2D eigenvalue weighted by Gasteiger charge is 2.13. The first-order chi connectivity index (χ1) is 16.1. The normalized spacial score (nSPS) is 10.7. The van der Waals surface area contributed by atoms with Crippen molar-refractivity contribution in [3.05, 3.63) is 101 Å². The fraction of sp³-hybridized carbons (Fsp3) is 0.185. The van der Waals surface area contributed by atoms with Crippen LogP contribution in [-0.2, 0) is 12.3 Å². The van der Waals surface area contributed by atoms with Crippen LogP contribution < -0.4 is 10.1 Å². The number of benzene rings is 3. The predicted molar refractivity (Wildman–Crippen MR) is 131 cm³/mol. The lowest BCUT2D eigenvalue weighted by Gasteiger charge is -2.11. The van der Waals surface area contributed by atoms with Gasteiger partial charge in [0.05, 0.1) is 12.3 Å². The van der Waals surface area contributed by atoms with Gasteiger partial charge < -0.3 is 14.5 Å². The smallest absolute Gasteiger partial charge is 0.251 e. The van der Waals surface area contributed by atoms with E-state index in [0.717, 1.165) is 34.1 Å². The summed E-state index contributed by atoms with van der Waals surface area (Å²) in [7, 11) is 0. The van der Waals surface area contributed by atoms with Crippen molar-refractivity contribution in [2.75, 3.05) is 6.61 Å². The summed E-state index contributed by atoms with van der Waals surface area (Å²) in [5.74, 6) is 2.76. The standard InChI is InChI=1S/C27H26N2O3S/c1-3-31-25-12-8-7-9-22(25)17-28-26(30)20-13-15-21(16-14-20)27-29-24(19(2)32-27)18-33-23-10-5-4-6-11-23/h4-16H,3,17-18H2,1-2H3,(H,28,30). The molecule has 0 spiro atoms. The highest BCUT2D eigenvalue weighted by Crippen LogP contribution is 2.27. The van der Waals surface area contributed by atoms with E-state index in [4.69, 9.17) is 9.15 Å². The molecule has 0 saturated heterocycles. The molecule has 0 unspecified atom stereocenters. The number of para-hydroxylation sites is 1. The second-order valence-corrected chi connectivity index (χ2v) is 8.47. The van der Waals surface area contributed by atoms with Crippen LogP contribution >= 0.6 is 11.8 Å². The molecule has 6 heteroatoms. The Bertz CT molecular complexity index is 1200. The summed E-state index contributed by atoms with van der Waals surface area (Å²) < 4.78 is 11.5. The first-order valence-electron chi connectivity index (χ1n) is 10.9. The van der Waals surface area contributed by atoms with Crippen molar-refractivity contribution < 1.29 is 13.9 Å². The zero-order valence-electron chi connectivity index (χ0n) is 18.7. The number of rotatable bonds is 9. The average molecular weight is 459 g/mol. The summed E-state index contributed by atoms with van der Waals surface area (Å²) in [4.78, 5) is 18.5. The van der Waals surface area contributed by atoms with Crippen LogP contribution in [0.2, 0.25) is 0 Å². The number of carbonyl (C=O) groups excluding carboxylic acids is 1. The number of aromatic nitrogens is 1. The van der Waals surface area contributed by atoms with E-state index < -0.39 is 0 Å². The van der Waals surface area contributed by atoms with Gasteiger partial charge in [-0.25, -0.2) is 4.98 Å². The zero-order chi connectivity index (χ0) is 23.0. The summed E-state index contributed by atoms with van der Waals surface area (Å²) in [5, 5.41) is 2.96. The third-order valence-corrected chi connectivity index (χ3v) is 6.14. The first kappa shape index (κ1) is 22.7. The minimum Gasteiger partial charge on any atom is -0.494 e. The number of oxazole rings is 1. The predicted octanol–water partition coefficient (Wildman–Crippen LogP) is 6.27. The lowest BCUT2D eigenvalue weighted by atomic mass is 10.1. The van der Waals surface area contributed by atoms with Crippen molar-refractivity contribution in [2.45, 2.75) is 31.0 Å². The van der Waals surface area contributed by atoms with Crippen LogP contribution in [0, 0.1) is 6.92 Å². The number of aryl methyl sites for hydroxylation is 1. The van der Waals surface area contributed by atoms with Crippen LogP contribution in [0.25, 0.3) is 11.5 Å². The van der Waals surface area contributed by atoms with E-state index in [0.29, 0.717) is 24.6 Å². The maximum atomic E-state index is 12.6. The highest BCUT2D eigenvalue weighted by molar-refractivity contribution is 7.98. The van der Waals surface area contributed by atoms with Crippen LogP contribution in [0.3, 0.4) is 0 Å². The first-order valence-corrected chi connectivity index (χ1v) is 11.9. The molecule has 0 aliphatic heterocycles. The Morgan fingerprint density at radius 2 is 1.73 bits per heavy atom. The topological polar surface area (TPSA) is 64.4 Å². The molecular weight excluding hydrogens is 432 g/mol. The summed E-state index contributed by atoms with van der Waals surface area (Å²) in [6, 6.07) is 25.2. The van der Waals surface area contributed by atoms with Crippen molar-refractivity contribution in [2.24, 2.45) is 0 Å². The molecule has 0 saturated carbocycles. The molecular formula is C27H26N2O3S. The van der Waals surface area contributed by atoms with E-state index in [-0.39, 0.29) is 5.91 Å². The van der Waals surface area contributed by atoms with Gasteiger partial charge in [0.2, 0.25) is 5.89 Å². The number of amides is 1. The van der Waals surface area contributed by atoms with E-state index in [2.05, 4.69) is 22.4 Å². The van der Waals surface area contributed by atoms with Crippen molar-refractivity contribution in [1.82, 2.24) is 10.3 Å². The van der Waals surface area contributed by atoms with Crippen LogP contribution in [0.1, 0.15) is 34.3 Å². The molecule has 1 amide bonds. The quantitative estimate of drug-likeness (QED) is 0.299. The zero-order valence-corrected chi connectivity index (χ0v) is 19.5. The number of nitrogens with one attached hydrogen (secondary N) is 1. The molecule has 0 atom stereocenters. The van der Waals surface area contributed by atoms with Crippen LogP contribution in [-0.4, -0.2) is 17.5 Å². The molecule has 4 rings (SSSR count). The van der Waals surface area contributed by atoms with Gasteiger partial charge in [-0.15, -0.1) is 11.8 Å². The summed E-state index contributed by atoms with van der Waals surface area (Å²) >= 11 is 1.73. The Hall–Kier alpha value is -3.51. The molecule has 1 N–H and O–H groups in total. The second kappa shape index (κ2) is 10.9. The molecule has 0 radical (unpaired) electrons. The molecule has 5 nitrogen and oxygen atoms in total. The Labute approximate surface area is 198 Å². The fourth-order valence-corrected chi connectivity index (χ4v) is 4.26. The van der Waals surface area contributed by atoms with Crippen molar-refractivity contribution in [3.8, 4) is 17.2 Å². The Morgan fingerprint density at radius 3 is 2.48 bits per heavy atom. The number of ether oxygens (including phenoxy) is 1. The number of nitrogens with zero attached hydrogens (tertiary/aromatic N) is 1. The minimum absolute atomic E-state index is 0.142. The van der Waals surface area contributed by atoms with Gasteiger partial charge >= 0.3 is 0 Å². The average Bonchev–Trinajstić information content (AvgIpc) is 3.23. The van der Waals surface area contributed by atoms with Crippen molar-refractivity contribution in [1.29, 1.82) is 0 Å². The van der Waals surface area contributed by atoms with Crippen LogP contribution in [0.5, 0.6) is 5.75 Å². The van der Waals surface area contributed by atoms with Gasteiger partial charge in [-0.1, -0.05) is 36.4 Å². The fourth-order valence-electron chi connectivity index (χ4n) is 3.34. The van der Waals surface area contributed by atoms with Crippen molar-refractivity contribution >= 4 is 17.7 Å². The third kappa shape index (κ3) is 5.84. The highest BCUT2D eigenvalue weighted by atomic mass is 32.2. The number of thioether (sulfide) groups is 1. The van der Waals surface area contributed by atoms with E-state index in [1.807, 2.05) is 68.4 Å². The van der Waals surface area contributed by atoms with E-state index in [9.17, 15) is 4.79 Å². The molecule has 4 aromatic rings. The Balaban J connectivity index is 1.38. The Kier molecular flexibility index (Phi) is 7.47. The molecule has 1 heterocycles. The van der Waals surface area contributed by atoms with Gasteiger partial charge in [0.1, 0.15) is 11.5 Å². The molecule has 0 bridgehead atoms. The maximum Gasteiger partial charge on any atom is 0.251 e. The van der Waals surface area contributed by atoms with E-state index >= 15 is 0 Å². The van der Waals surface area contributed by atoms with Crippen LogP contribution in [0.4, 0.5) is 0 Å². The number of hydrogen-bond acceptors (Lipinski definition) is 5. The van der Waals surface area contributed by atoms with Gasteiger partial charge in [0.25, 0.3) is 5.91 Å². The Morgan fingerprint density at radius 1 is 1.00 bits per heavy atom. The largest absolute Gasteiger partial charge is 0.494 e. The summed E-state index contributed by atoms with van der Waals surface area (Å²) in [6.45, 7) is 4.86. The second-order valence-electron chi connectivity index (χ2n) is 7.42. The lowest BCUT2D eigenvalue weighted by molar-refractivity contribution is 0.0950. The van der Waals surface area contributed by atoms with Crippen molar-refractivity contribution in [3.63, 3.8) is 0 Å². The van der Waals surface area contributed by atoms with Gasteiger partial charge in [-0.05, 0) is 56.3 Å². The number of carbonyl (C=O) groups is 1. The molecule has 3 aromatic carbocycles. The monoisotopic (exact) mass is 458 g/mol. The van der Waals surface area contributed by atoms with Gasteiger partial charge in [-0.2, -0.15) is 0 Å². The SMILES string of the molecule is CCOc1ccccc1CNC(=O)c1ccc(-c2nc(CSc3ccccc3)c(C)o2)cc1. The van der Waals surface area contributed by atoms with E-state index in [1.165, 1.54) is 4.90 Å². The number of hydrogen-bond donors (Lipinski definition) is 1. The molecule has 1 aromatic heterocycles. The molecule has 168 valence electrons. The minimum atomic E-state index is -0.142. The molecule has 0 aliphatic carbocycles. The van der Waals surface area contributed by atoms with E-state index in [1.54, 1.807) is 23.9 Å². The molecule has 0 fully saturated rings. The maximum absolute atomic E-state index is 12.6. The molecule has 0 aliphatic rings. The summed E-state index contributed by atoms with van der Waals surface area (Å²) in [6.07, 6.45) is 0. The lowest BCUT2D eigenvalue weighted by Crippen LogP contribution is -2.23. The van der Waals surface area contributed by atoms with Gasteiger partial charge in [0.15, 0.2) is 0 Å². The third-order valence-electron chi connectivity index (χ3n) is 5.12.